The highest BCUT2D eigenvalue weighted by Gasteiger charge is 2.13. The second-order valence-corrected chi connectivity index (χ2v) is 5.81. The first-order valence-corrected chi connectivity index (χ1v) is 7.51. The number of halogens is 2. The number of nitrogens with one attached hydrogen (secondary N) is 1. The number of nitrogens with zero attached hydrogens (tertiary/aromatic N) is 2. The summed E-state index contributed by atoms with van der Waals surface area (Å²) in [4.78, 5) is 16.1. The van der Waals surface area contributed by atoms with Crippen LogP contribution in [-0.2, 0) is 11.3 Å². The first kappa shape index (κ1) is 21.7. The summed E-state index contributed by atoms with van der Waals surface area (Å²) < 4.78 is 2.11. The lowest BCUT2D eigenvalue weighted by Crippen LogP contribution is -2.41. The fourth-order valence-electron chi connectivity index (χ4n) is 2.40. The number of aromatic nitrogens is 2. The summed E-state index contributed by atoms with van der Waals surface area (Å²) in [5.41, 5.74) is 7.97. The zero-order chi connectivity index (χ0) is 15.2. The molecule has 130 valence electrons. The van der Waals surface area contributed by atoms with Crippen molar-refractivity contribution in [3.05, 3.63) is 30.6 Å². The van der Waals surface area contributed by atoms with Gasteiger partial charge < -0.3 is 15.6 Å². The molecule has 3 N–H and O–H groups in total. The Kier molecular flexibility index (Phi) is 9.88. The minimum Gasteiger partial charge on any atom is -0.355 e. The third-order valence-corrected chi connectivity index (χ3v) is 3.46. The molecule has 0 bridgehead atoms. The van der Waals surface area contributed by atoms with Crippen molar-refractivity contribution >= 4 is 41.8 Å². The summed E-state index contributed by atoms with van der Waals surface area (Å²) >= 11 is 0. The lowest BCUT2D eigenvalue weighted by atomic mass is 10.0. The van der Waals surface area contributed by atoms with Gasteiger partial charge in [-0.25, -0.2) is 4.98 Å². The van der Waals surface area contributed by atoms with Crippen LogP contribution >= 0.6 is 24.8 Å². The Morgan fingerprint density at radius 3 is 2.70 bits per heavy atom. The molecule has 1 amide bonds. The van der Waals surface area contributed by atoms with Gasteiger partial charge in [0, 0.05) is 13.1 Å². The molecule has 0 fully saturated rings. The molecule has 0 radical (unpaired) electrons. The Morgan fingerprint density at radius 1 is 1.30 bits per heavy atom. The third kappa shape index (κ3) is 6.37. The SMILES string of the molecule is CC(C)C[C@H](N)C(=O)NCCCn1cnc2ccccc21.Cl.Cl. The van der Waals surface area contributed by atoms with Gasteiger partial charge in [0.25, 0.3) is 0 Å². The van der Waals surface area contributed by atoms with E-state index in [-0.39, 0.29) is 30.7 Å². The molecular formula is C16H26Cl2N4O. The van der Waals surface area contributed by atoms with Gasteiger partial charge in [-0.3, -0.25) is 4.79 Å². The molecule has 0 spiro atoms. The number of fused-ring (bicyclic) bond motifs is 1. The first-order chi connectivity index (χ1) is 10.1. The predicted octanol–water partition coefficient (Wildman–Crippen LogP) is 2.76. The summed E-state index contributed by atoms with van der Waals surface area (Å²) in [5.74, 6) is 0.377. The van der Waals surface area contributed by atoms with E-state index in [1.165, 1.54) is 0 Å². The van der Waals surface area contributed by atoms with E-state index in [1.807, 2.05) is 24.5 Å². The third-order valence-electron chi connectivity index (χ3n) is 3.46. The van der Waals surface area contributed by atoms with Crippen molar-refractivity contribution in [3.63, 3.8) is 0 Å². The van der Waals surface area contributed by atoms with Gasteiger partial charge in [0.15, 0.2) is 0 Å². The summed E-state index contributed by atoms with van der Waals surface area (Å²) in [5, 5.41) is 2.90. The number of amides is 1. The number of hydrogen-bond donors (Lipinski definition) is 2. The Balaban J connectivity index is 0.00000242. The second-order valence-electron chi connectivity index (χ2n) is 5.81. The highest BCUT2D eigenvalue weighted by atomic mass is 35.5. The lowest BCUT2D eigenvalue weighted by Gasteiger charge is -2.14. The zero-order valence-electron chi connectivity index (χ0n) is 13.6. The molecule has 2 rings (SSSR count). The summed E-state index contributed by atoms with van der Waals surface area (Å²) in [6.45, 7) is 5.60. The van der Waals surface area contributed by atoms with Crippen LogP contribution in [0.3, 0.4) is 0 Å². The summed E-state index contributed by atoms with van der Waals surface area (Å²) in [6, 6.07) is 7.64. The van der Waals surface area contributed by atoms with E-state index in [2.05, 4.69) is 34.8 Å². The van der Waals surface area contributed by atoms with E-state index in [0.29, 0.717) is 12.5 Å². The molecule has 1 heterocycles. The van der Waals surface area contributed by atoms with Crippen LogP contribution in [0.5, 0.6) is 0 Å². The van der Waals surface area contributed by atoms with E-state index >= 15 is 0 Å². The standard InChI is InChI=1S/C16H24N4O.2ClH/c1-12(2)10-13(17)16(21)18-8-5-9-20-11-19-14-6-3-4-7-15(14)20;;/h3-4,6-7,11-13H,5,8-10,17H2,1-2H3,(H,18,21);2*1H/t13-;;/m0../s1. The van der Waals surface area contributed by atoms with Gasteiger partial charge in [-0.15, -0.1) is 24.8 Å². The van der Waals surface area contributed by atoms with Crippen LogP contribution in [0.4, 0.5) is 0 Å². The quantitative estimate of drug-likeness (QED) is 0.745. The lowest BCUT2D eigenvalue weighted by molar-refractivity contribution is -0.122. The number of carbonyl (C=O) groups excluding carboxylic acids is 1. The molecule has 1 aromatic heterocycles. The van der Waals surface area contributed by atoms with Crippen molar-refractivity contribution in [3.8, 4) is 0 Å². The Bertz CT molecular complexity index is 601. The number of nitrogens with two attached hydrogens (primary N) is 1. The Hall–Kier alpha value is -1.30. The second kappa shape index (κ2) is 10.5. The molecule has 1 aromatic carbocycles. The topological polar surface area (TPSA) is 72.9 Å². The molecule has 0 saturated carbocycles. The number of rotatable bonds is 7. The van der Waals surface area contributed by atoms with Crippen LogP contribution in [-0.4, -0.2) is 28.0 Å². The van der Waals surface area contributed by atoms with Crippen LogP contribution in [0.1, 0.15) is 26.7 Å². The van der Waals surface area contributed by atoms with Crippen molar-refractivity contribution in [2.75, 3.05) is 6.54 Å². The molecule has 0 aliphatic rings. The molecule has 2 aromatic rings. The number of aryl methyl sites for hydroxylation is 1. The molecule has 7 heteroatoms. The number of benzene rings is 1. The summed E-state index contributed by atoms with van der Waals surface area (Å²) in [6.07, 6.45) is 3.43. The van der Waals surface area contributed by atoms with E-state index in [4.69, 9.17) is 5.73 Å². The van der Waals surface area contributed by atoms with Gasteiger partial charge in [-0.1, -0.05) is 26.0 Å². The van der Waals surface area contributed by atoms with Crippen LogP contribution in [0.2, 0.25) is 0 Å². The largest absolute Gasteiger partial charge is 0.355 e. The fourth-order valence-corrected chi connectivity index (χ4v) is 2.40. The minimum atomic E-state index is -0.404. The van der Waals surface area contributed by atoms with Crippen molar-refractivity contribution in [2.24, 2.45) is 11.7 Å². The molecule has 5 nitrogen and oxygen atoms in total. The van der Waals surface area contributed by atoms with Crippen LogP contribution in [0.25, 0.3) is 11.0 Å². The summed E-state index contributed by atoms with van der Waals surface area (Å²) in [7, 11) is 0. The smallest absolute Gasteiger partial charge is 0.236 e. The van der Waals surface area contributed by atoms with E-state index in [1.54, 1.807) is 0 Å². The van der Waals surface area contributed by atoms with Crippen LogP contribution < -0.4 is 11.1 Å². The molecule has 1 atom stereocenters. The molecule has 0 unspecified atom stereocenters. The molecule has 23 heavy (non-hydrogen) atoms. The molecule has 0 saturated heterocycles. The van der Waals surface area contributed by atoms with Crippen molar-refractivity contribution in [1.82, 2.24) is 14.9 Å². The van der Waals surface area contributed by atoms with Gasteiger partial charge in [0.05, 0.1) is 23.4 Å². The number of hydrogen-bond acceptors (Lipinski definition) is 3. The highest BCUT2D eigenvalue weighted by molar-refractivity contribution is 5.85. The van der Waals surface area contributed by atoms with Crippen molar-refractivity contribution in [1.29, 1.82) is 0 Å². The molecule has 0 aliphatic carbocycles. The van der Waals surface area contributed by atoms with E-state index in [9.17, 15) is 4.79 Å². The maximum atomic E-state index is 11.8. The van der Waals surface area contributed by atoms with E-state index in [0.717, 1.165) is 30.4 Å². The number of carbonyl (C=O) groups is 1. The average Bonchev–Trinajstić information content (AvgIpc) is 2.86. The maximum Gasteiger partial charge on any atom is 0.236 e. The van der Waals surface area contributed by atoms with E-state index < -0.39 is 6.04 Å². The van der Waals surface area contributed by atoms with Crippen LogP contribution in [0.15, 0.2) is 30.6 Å². The predicted molar refractivity (Wildman–Crippen MR) is 99.3 cm³/mol. The van der Waals surface area contributed by atoms with Crippen molar-refractivity contribution < 1.29 is 4.79 Å². The van der Waals surface area contributed by atoms with Crippen molar-refractivity contribution in [2.45, 2.75) is 39.3 Å². The average molecular weight is 361 g/mol. The number of imidazole rings is 1. The van der Waals surface area contributed by atoms with Gasteiger partial charge in [0.2, 0.25) is 5.91 Å². The maximum absolute atomic E-state index is 11.8. The van der Waals surface area contributed by atoms with Gasteiger partial charge in [-0.2, -0.15) is 0 Å². The minimum absolute atomic E-state index is 0. The first-order valence-electron chi connectivity index (χ1n) is 7.51. The monoisotopic (exact) mass is 360 g/mol. The van der Waals surface area contributed by atoms with Gasteiger partial charge in [0.1, 0.15) is 0 Å². The normalized spacial score (nSPS) is 11.7. The zero-order valence-corrected chi connectivity index (χ0v) is 15.2. The Morgan fingerprint density at radius 2 is 2.00 bits per heavy atom. The highest BCUT2D eigenvalue weighted by Crippen LogP contribution is 2.11. The molecular weight excluding hydrogens is 335 g/mol. The van der Waals surface area contributed by atoms with Crippen LogP contribution in [0, 0.1) is 5.92 Å². The van der Waals surface area contributed by atoms with Gasteiger partial charge in [-0.05, 0) is 30.9 Å². The molecule has 0 aliphatic heterocycles. The number of para-hydroxylation sites is 2. The fraction of sp³-hybridized carbons (Fsp3) is 0.500. The van der Waals surface area contributed by atoms with Gasteiger partial charge >= 0.3 is 0 Å². The Labute approximate surface area is 149 Å².